The van der Waals surface area contributed by atoms with E-state index in [2.05, 4.69) is 27.4 Å². The molecule has 1 aromatic heterocycles. The van der Waals surface area contributed by atoms with E-state index in [4.69, 9.17) is 0 Å². The molecule has 0 radical (unpaired) electrons. The van der Waals surface area contributed by atoms with Crippen molar-refractivity contribution in [1.29, 1.82) is 0 Å². The number of carbonyl (C=O) groups is 1. The smallest absolute Gasteiger partial charge is 0.282 e. The number of thiocarbonyl (C=S) groups is 1. The fourth-order valence-electron chi connectivity index (χ4n) is 0.668. The molecule has 0 atom stereocenters. The van der Waals surface area contributed by atoms with Crippen molar-refractivity contribution in [3.63, 3.8) is 0 Å². The quantitative estimate of drug-likeness (QED) is 0.500. The first kappa shape index (κ1) is 7.78. The Bertz CT molecular complexity index is 324. The molecule has 0 aliphatic rings. The second-order valence-corrected chi connectivity index (χ2v) is 2.10. The van der Waals surface area contributed by atoms with Crippen LogP contribution in [-0.4, -0.2) is 21.3 Å². The molecule has 1 N–H and O–H groups in total. The summed E-state index contributed by atoms with van der Waals surface area (Å²) < 4.78 is 0. The molecule has 11 heavy (non-hydrogen) atoms. The van der Waals surface area contributed by atoms with Gasteiger partial charge in [0.25, 0.3) is 5.91 Å². The zero-order chi connectivity index (χ0) is 8.27. The highest BCUT2D eigenvalue weighted by Crippen LogP contribution is 2.03. The number of aromatic amines is 1. The number of hydrogen-bond acceptors (Lipinski definition) is 3. The summed E-state index contributed by atoms with van der Waals surface area (Å²) in [6.07, 6.45) is 1.41. The normalized spacial score (nSPS) is 8.82. The second kappa shape index (κ2) is 3.18. The minimum Gasteiger partial charge on any atom is -0.282 e. The van der Waals surface area contributed by atoms with Crippen LogP contribution in [0.3, 0.4) is 0 Å². The first-order valence-electron chi connectivity index (χ1n) is 2.88. The highest BCUT2D eigenvalue weighted by atomic mass is 32.1. The van der Waals surface area contributed by atoms with Gasteiger partial charge in [-0.1, -0.05) is 0 Å². The first-order valence-corrected chi connectivity index (χ1v) is 3.28. The van der Waals surface area contributed by atoms with Gasteiger partial charge in [0, 0.05) is 5.69 Å². The van der Waals surface area contributed by atoms with Gasteiger partial charge in [-0.15, -0.1) is 0 Å². The van der Waals surface area contributed by atoms with Gasteiger partial charge in [-0.3, -0.25) is 9.89 Å². The van der Waals surface area contributed by atoms with Crippen LogP contribution in [0.1, 0.15) is 16.1 Å². The fourth-order valence-corrected chi connectivity index (χ4v) is 0.751. The third kappa shape index (κ3) is 1.58. The highest BCUT2D eigenvalue weighted by Gasteiger charge is 2.07. The van der Waals surface area contributed by atoms with Crippen molar-refractivity contribution in [2.24, 2.45) is 4.99 Å². The molecule has 1 heterocycles. The van der Waals surface area contributed by atoms with Crippen LogP contribution in [0.25, 0.3) is 0 Å². The van der Waals surface area contributed by atoms with Crippen molar-refractivity contribution in [2.45, 2.75) is 6.92 Å². The molecule has 0 aromatic carbocycles. The fraction of sp³-hybridized carbons (Fsp3) is 0.167. The van der Waals surface area contributed by atoms with Crippen LogP contribution in [0.15, 0.2) is 11.2 Å². The Hall–Kier alpha value is -1.32. The topological polar surface area (TPSA) is 58.1 Å². The number of H-pyrrole nitrogens is 1. The molecule has 0 saturated heterocycles. The van der Waals surface area contributed by atoms with E-state index in [0.29, 0.717) is 11.3 Å². The van der Waals surface area contributed by atoms with Crippen molar-refractivity contribution >= 4 is 23.3 Å². The molecule has 4 nitrogen and oxygen atoms in total. The van der Waals surface area contributed by atoms with Crippen molar-refractivity contribution in [3.8, 4) is 0 Å². The maximum atomic E-state index is 11.0. The minimum absolute atomic E-state index is 0.411. The predicted molar refractivity (Wildman–Crippen MR) is 42.7 cm³/mol. The van der Waals surface area contributed by atoms with E-state index in [1.165, 1.54) is 6.20 Å². The molecule has 5 heteroatoms. The van der Waals surface area contributed by atoms with Crippen LogP contribution < -0.4 is 0 Å². The van der Waals surface area contributed by atoms with Crippen molar-refractivity contribution in [1.82, 2.24) is 10.2 Å². The Labute approximate surface area is 68.3 Å². The lowest BCUT2D eigenvalue weighted by Crippen LogP contribution is -1.93. The van der Waals surface area contributed by atoms with E-state index < -0.39 is 5.91 Å². The average Bonchev–Trinajstić information content (AvgIpc) is 2.36. The number of aryl methyl sites for hydroxylation is 1. The number of aliphatic imine (C=N–C) groups is 1. The number of nitrogens with zero attached hydrogens (tertiary/aromatic N) is 2. The molecule has 0 fully saturated rings. The van der Waals surface area contributed by atoms with E-state index in [1.54, 1.807) is 6.92 Å². The summed E-state index contributed by atoms with van der Waals surface area (Å²) in [7, 11) is 0. The maximum absolute atomic E-state index is 11.0. The van der Waals surface area contributed by atoms with Crippen molar-refractivity contribution in [2.75, 3.05) is 0 Å². The van der Waals surface area contributed by atoms with Crippen LogP contribution in [0.2, 0.25) is 0 Å². The molecule has 0 saturated carbocycles. The summed E-state index contributed by atoms with van der Waals surface area (Å²) in [6.45, 7) is 1.74. The molecule has 1 amide bonds. The largest absolute Gasteiger partial charge is 0.289 e. The van der Waals surface area contributed by atoms with E-state index in [1.807, 2.05) is 5.16 Å². The van der Waals surface area contributed by atoms with Gasteiger partial charge in [-0.25, -0.2) is 0 Å². The second-order valence-electron chi connectivity index (χ2n) is 1.92. The van der Waals surface area contributed by atoms with E-state index in [9.17, 15) is 4.79 Å². The summed E-state index contributed by atoms with van der Waals surface area (Å²) in [6, 6.07) is 0. The lowest BCUT2D eigenvalue weighted by molar-refractivity contribution is 0.100. The summed E-state index contributed by atoms with van der Waals surface area (Å²) in [5, 5.41) is 8.27. The average molecular weight is 167 g/mol. The van der Waals surface area contributed by atoms with Gasteiger partial charge in [0.15, 0.2) is 0 Å². The van der Waals surface area contributed by atoms with Gasteiger partial charge in [0.2, 0.25) is 0 Å². The highest BCUT2D eigenvalue weighted by molar-refractivity contribution is 7.78. The Kier molecular flexibility index (Phi) is 2.25. The zero-order valence-electron chi connectivity index (χ0n) is 5.79. The Balaban J connectivity index is 3.02. The lowest BCUT2D eigenvalue weighted by Gasteiger charge is -1.86. The van der Waals surface area contributed by atoms with E-state index in [-0.39, 0.29) is 0 Å². The van der Waals surface area contributed by atoms with Gasteiger partial charge in [0.1, 0.15) is 0 Å². The molecule has 0 aliphatic carbocycles. The third-order valence-corrected chi connectivity index (χ3v) is 1.30. The summed E-state index contributed by atoms with van der Waals surface area (Å²) in [5.41, 5.74) is 1.12. The SMILES string of the molecule is Cc1[nH]ncc1C(=O)N=C=S. The van der Waals surface area contributed by atoms with E-state index >= 15 is 0 Å². The molecule has 56 valence electrons. The van der Waals surface area contributed by atoms with Gasteiger partial charge >= 0.3 is 0 Å². The number of hydrogen-bond donors (Lipinski definition) is 1. The van der Waals surface area contributed by atoms with E-state index in [0.717, 1.165) is 0 Å². The van der Waals surface area contributed by atoms with Crippen LogP contribution in [0.5, 0.6) is 0 Å². The van der Waals surface area contributed by atoms with Gasteiger partial charge in [-0.2, -0.15) is 10.1 Å². The van der Waals surface area contributed by atoms with Crippen LogP contribution in [0, 0.1) is 6.92 Å². The number of aromatic nitrogens is 2. The molecule has 0 spiro atoms. The van der Waals surface area contributed by atoms with Crippen molar-refractivity contribution < 1.29 is 4.79 Å². The predicted octanol–water partition coefficient (Wildman–Crippen LogP) is 0.961. The summed E-state index contributed by atoms with van der Waals surface area (Å²) in [4.78, 5) is 14.3. The summed E-state index contributed by atoms with van der Waals surface area (Å²) >= 11 is 4.28. The third-order valence-electron chi connectivity index (χ3n) is 1.21. The first-order chi connectivity index (χ1) is 5.25. The molecule has 0 bridgehead atoms. The zero-order valence-corrected chi connectivity index (χ0v) is 6.60. The minimum atomic E-state index is -0.411. The molecule has 0 unspecified atom stereocenters. The van der Waals surface area contributed by atoms with Gasteiger partial charge in [0.05, 0.1) is 16.9 Å². The number of isothiocyanates is 1. The molecule has 1 rings (SSSR count). The summed E-state index contributed by atoms with van der Waals surface area (Å²) in [5.74, 6) is -0.411. The monoisotopic (exact) mass is 167 g/mol. The Morgan fingerprint density at radius 3 is 3.09 bits per heavy atom. The number of rotatable bonds is 1. The lowest BCUT2D eigenvalue weighted by atomic mass is 10.2. The number of amides is 1. The Morgan fingerprint density at radius 1 is 1.91 bits per heavy atom. The number of carbonyl (C=O) groups excluding carboxylic acids is 1. The Morgan fingerprint density at radius 2 is 2.64 bits per heavy atom. The standard InChI is InChI=1S/C6H5N3OS/c1-4-5(2-8-9-4)6(10)7-3-11/h2H,1H3,(H,8,9). The number of nitrogens with one attached hydrogen (secondary N) is 1. The van der Waals surface area contributed by atoms with Crippen LogP contribution in [-0.2, 0) is 0 Å². The van der Waals surface area contributed by atoms with Crippen LogP contribution >= 0.6 is 12.2 Å². The molecule has 1 aromatic rings. The molecule has 0 aliphatic heterocycles. The molecular weight excluding hydrogens is 162 g/mol. The maximum Gasteiger partial charge on any atom is 0.289 e. The van der Waals surface area contributed by atoms with Gasteiger partial charge < -0.3 is 0 Å². The van der Waals surface area contributed by atoms with Crippen LogP contribution in [0.4, 0.5) is 0 Å². The van der Waals surface area contributed by atoms with Gasteiger partial charge in [-0.05, 0) is 19.1 Å². The molecular formula is C6H5N3OS. The van der Waals surface area contributed by atoms with Crippen molar-refractivity contribution in [3.05, 3.63) is 17.5 Å².